The minimum Gasteiger partial charge on any atom is -0.462 e. The van der Waals surface area contributed by atoms with Crippen molar-refractivity contribution in [3.63, 3.8) is 0 Å². The lowest BCUT2D eigenvalue weighted by molar-refractivity contribution is -0.161. The molecule has 0 aliphatic carbocycles. The Morgan fingerprint density at radius 2 is 0.966 bits per heavy atom. The highest BCUT2D eigenvalue weighted by Crippen LogP contribution is 2.43. The van der Waals surface area contributed by atoms with Gasteiger partial charge in [0.2, 0.25) is 0 Å². The van der Waals surface area contributed by atoms with Crippen molar-refractivity contribution in [2.75, 3.05) is 52.7 Å². The Kier molecular flexibility index (Phi) is 39.4. The second-order valence-corrected chi connectivity index (χ2v) is 19.4. The number of hydrogen-bond acceptors (Lipinski definition) is 11. The first-order valence-corrected chi connectivity index (χ1v) is 26.9. The third kappa shape index (κ3) is 36.8. The first-order valence-electron chi connectivity index (χ1n) is 23.5. The molecule has 2 amide bonds. The fourth-order valence-corrected chi connectivity index (χ4v) is 9.96. The maximum atomic E-state index is 12.7. The number of phosphoric acid groups is 1. The van der Waals surface area contributed by atoms with Gasteiger partial charge in [-0.25, -0.2) is 9.36 Å². The molecule has 0 fully saturated rings. The number of amides is 2. The van der Waals surface area contributed by atoms with Crippen LogP contribution < -0.4 is 10.6 Å². The van der Waals surface area contributed by atoms with E-state index < -0.39 is 47.3 Å². The van der Waals surface area contributed by atoms with Crippen LogP contribution in [0.5, 0.6) is 0 Å². The Bertz CT molecular complexity index is 1040. The van der Waals surface area contributed by atoms with Gasteiger partial charge in [-0.3, -0.25) is 18.6 Å². The van der Waals surface area contributed by atoms with Crippen molar-refractivity contribution < 1.29 is 55.6 Å². The third-order valence-electron chi connectivity index (χ3n) is 9.80. The summed E-state index contributed by atoms with van der Waals surface area (Å²) >= 11 is 0. The van der Waals surface area contributed by atoms with E-state index in [1.165, 1.54) is 89.9 Å². The molecule has 0 heterocycles. The van der Waals surface area contributed by atoms with Crippen LogP contribution in [-0.4, -0.2) is 90.5 Å². The van der Waals surface area contributed by atoms with Gasteiger partial charge in [-0.1, -0.05) is 142 Å². The molecule has 0 aromatic carbocycles. The average Bonchev–Trinajstić information content (AvgIpc) is 3.20. The molecule has 1 unspecified atom stereocenters. The molecule has 0 rings (SSSR count). The van der Waals surface area contributed by atoms with E-state index in [0.29, 0.717) is 51.7 Å². The van der Waals surface area contributed by atoms with Gasteiger partial charge in [-0.2, -0.15) is 0 Å². The molecule has 0 aliphatic rings. The molecule has 3 N–H and O–H groups in total. The molecule has 350 valence electrons. The molecule has 0 saturated carbocycles. The largest absolute Gasteiger partial charge is 0.500 e. The smallest absolute Gasteiger partial charge is 0.462 e. The molecule has 2 atom stereocenters. The lowest BCUT2D eigenvalue weighted by Crippen LogP contribution is -2.46. The maximum Gasteiger partial charge on any atom is 0.500 e. The Hall–Kier alpha value is -1.58. The van der Waals surface area contributed by atoms with Crippen LogP contribution in [0.4, 0.5) is 4.79 Å². The second-order valence-electron chi connectivity index (χ2n) is 15.2. The van der Waals surface area contributed by atoms with Crippen molar-refractivity contribution in [3.05, 3.63) is 0 Å². The third-order valence-corrected chi connectivity index (χ3v) is 13.9. The number of carbonyl (C=O) groups excluding carboxylic acids is 3. The van der Waals surface area contributed by atoms with E-state index in [0.717, 1.165) is 38.5 Å². The SMILES string of the molecule is CCCCCCCCCCCCCC(=O)OC[C@H](COP(=O)(O)OCCNC(=O)NCCC[Si](OCC)(OCC)OCC)OC(=O)CCCCCCCCCCCCC. The van der Waals surface area contributed by atoms with Crippen LogP contribution in [0, 0.1) is 0 Å². The van der Waals surface area contributed by atoms with Crippen molar-refractivity contribution in [1.29, 1.82) is 0 Å². The van der Waals surface area contributed by atoms with E-state index in [1.54, 1.807) is 0 Å². The molecule has 0 bridgehead atoms. The highest BCUT2D eigenvalue weighted by atomic mass is 31.2. The normalized spacial score (nSPS) is 13.2. The molecule has 0 spiro atoms. The van der Waals surface area contributed by atoms with E-state index in [1.807, 2.05) is 20.8 Å². The topological polar surface area (TPSA) is 177 Å². The van der Waals surface area contributed by atoms with Crippen LogP contribution in [0.2, 0.25) is 6.04 Å². The molecule has 59 heavy (non-hydrogen) atoms. The lowest BCUT2D eigenvalue weighted by Gasteiger charge is -2.28. The average molecular weight is 883 g/mol. The van der Waals surface area contributed by atoms with Gasteiger partial charge < -0.3 is 38.3 Å². The molecule has 0 aliphatic heterocycles. The van der Waals surface area contributed by atoms with Crippen molar-refractivity contribution in [2.24, 2.45) is 0 Å². The molecule has 0 aromatic rings. The number of esters is 2. The Balaban J connectivity index is 4.71. The minimum atomic E-state index is -4.59. The second kappa shape index (κ2) is 40.5. The van der Waals surface area contributed by atoms with Gasteiger partial charge in [0.1, 0.15) is 6.61 Å². The zero-order chi connectivity index (χ0) is 43.7. The summed E-state index contributed by atoms with van der Waals surface area (Å²) in [6.45, 7) is 10.7. The molecule has 16 heteroatoms. The van der Waals surface area contributed by atoms with Gasteiger partial charge in [-0.15, -0.1) is 0 Å². The summed E-state index contributed by atoms with van der Waals surface area (Å²) in [7, 11) is -7.40. The van der Waals surface area contributed by atoms with E-state index in [9.17, 15) is 23.8 Å². The van der Waals surface area contributed by atoms with Crippen LogP contribution in [-0.2, 0) is 46.0 Å². The van der Waals surface area contributed by atoms with E-state index in [4.69, 9.17) is 31.8 Å². The predicted octanol–water partition coefficient (Wildman–Crippen LogP) is 10.7. The van der Waals surface area contributed by atoms with E-state index >= 15 is 0 Å². The number of rotatable bonds is 44. The monoisotopic (exact) mass is 883 g/mol. The number of hydrogen-bond donors (Lipinski definition) is 3. The minimum absolute atomic E-state index is 0.0662. The fourth-order valence-electron chi connectivity index (χ4n) is 6.60. The summed E-state index contributed by atoms with van der Waals surface area (Å²) in [6.07, 6.45) is 25.5. The Labute approximate surface area is 360 Å². The molecule has 0 radical (unpaired) electrons. The predicted molar refractivity (Wildman–Crippen MR) is 236 cm³/mol. The fraction of sp³-hybridized carbons (Fsp3) is 0.930. The summed E-state index contributed by atoms with van der Waals surface area (Å²) in [4.78, 5) is 47.8. The van der Waals surface area contributed by atoms with Crippen LogP contribution in [0.1, 0.15) is 195 Å². The molecule has 0 saturated heterocycles. The highest BCUT2D eigenvalue weighted by molar-refractivity contribution is 7.47. The standard InChI is InChI=1S/C43H87N2O12PSi/c1-6-11-13-15-17-19-21-23-25-27-29-32-41(46)51-38-40(57-42(47)33-30-28-26-24-22-20-18-16-14-12-7-2)39-53-58(49,50)52-36-35-45-43(48)44-34-31-37-59(54-8-3,55-9-4)56-10-5/h40H,6-39H2,1-5H3,(H,49,50)(H2,44,45,48)/t40-/m1/s1. The van der Waals surface area contributed by atoms with Crippen molar-refractivity contribution in [2.45, 2.75) is 207 Å². The van der Waals surface area contributed by atoms with Gasteiger partial charge in [-0.05, 0) is 40.0 Å². The van der Waals surface area contributed by atoms with Gasteiger partial charge in [0.15, 0.2) is 6.10 Å². The van der Waals surface area contributed by atoms with Crippen molar-refractivity contribution in [1.82, 2.24) is 10.6 Å². The number of unbranched alkanes of at least 4 members (excludes halogenated alkanes) is 20. The van der Waals surface area contributed by atoms with Crippen LogP contribution in [0.3, 0.4) is 0 Å². The van der Waals surface area contributed by atoms with Crippen molar-refractivity contribution >= 4 is 34.6 Å². The highest BCUT2D eigenvalue weighted by Gasteiger charge is 2.39. The number of nitrogens with one attached hydrogen (secondary N) is 2. The van der Waals surface area contributed by atoms with Gasteiger partial charge in [0.25, 0.3) is 0 Å². The zero-order valence-corrected chi connectivity index (χ0v) is 39.9. The Morgan fingerprint density at radius 1 is 0.542 bits per heavy atom. The summed E-state index contributed by atoms with van der Waals surface area (Å²) in [5.41, 5.74) is 0. The van der Waals surface area contributed by atoms with Gasteiger partial charge >= 0.3 is 34.6 Å². The molecular weight excluding hydrogens is 796 g/mol. The first kappa shape index (κ1) is 57.4. The first-order chi connectivity index (χ1) is 28.6. The summed E-state index contributed by atoms with van der Waals surface area (Å²) in [5.74, 6) is -0.902. The molecule has 0 aromatic heterocycles. The quantitative estimate of drug-likeness (QED) is 0.0229. The van der Waals surface area contributed by atoms with Crippen molar-refractivity contribution in [3.8, 4) is 0 Å². The van der Waals surface area contributed by atoms with Crippen LogP contribution in [0.25, 0.3) is 0 Å². The van der Waals surface area contributed by atoms with E-state index in [-0.39, 0.29) is 32.6 Å². The Morgan fingerprint density at radius 3 is 1.42 bits per heavy atom. The number of phosphoric ester groups is 1. The number of urea groups is 1. The van der Waals surface area contributed by atoms with Crippen LogP contribution in [0.15, 0.2) is 0 Å². The molecule has 14 nitrogen and oxygen atoms in total. The molecular formula is C43H87N2O12PSi. The van der Waals surface area contributed by atoms with Gasteiger partial charge in [0, 0.05) is 51.8 Å². The number of carbonyl (C=O) groups is 3. The van der Waals surface area contributed by atoms with E-state index in [2.05, 4.69) is 24.5 Å². The van der Waals surface area contributed by atoms with Gasteiger partial charge in [0.05, 0.1) is 13.2 Å². The summed E-state index contributed by atoms with van der Waals surface area (Å²) < 4.78 is 51.3. The lowest BCUT2D eigenvalue weighted by atomic mass is 10.1. The summed E-state index contributed by atoms with van der Waals surface area (Å²) in [6, 6.07) is 0.0733. The summed E-state index contributed by atoms with van der Waals surface area (Å²) in [5, 5.41) is 5.30. The zero-order valence-electron chi connectivity index (χ0n) is 38.0. The maximum absolute atomic E-state index is 12.7. The van der Waals surface area contributed by atoms with Crippen LogP contribution >= 0.6 is 7.82 Å². The number of ether oxygens (including phenoxy) is 2.